The number of halogens is 2. The van der Waals surface area contributed by atoms with Gasteiger partial charge in [0.2, 0.25) is 5.95 Å². The number of rotatable bonds is 6. The van der Waals surface area contributed by atoms with Crippen LogP contribution in [-0.2, 0) is 0 Å². The number of nitrogens with zero attached hydrogens (tertiary/aromatic N) is 2. The second-order valence-corrected chi connectivity index (χ2v) is 5.14. The van der Waals surface area contributed by atoms with Crippen molar-refractivity contribution in [2.75, 3.05) is 17.2 Å². The van der Waals surface area contributed by atoms with Crippen LogP contribution in [0.5, 0.6) is 0 Å². The lowest BCUT2D eigenvalue weighted by atomic mass is 10.3. The Bertz CT molecular complexity index is 575. The van der Waals surface area contributed by atoms with E-state index in [0.29, 0.717) is 21.8 Å². The van der Waals surface area contributed by atoms with Crippen LogP contribution in [0.15, 0.2) is 30.5 Å². The Morgan fingerprint density at radius 3 is 2.80 bits per heavy atom. The predicted molar refractivity (Wildman–Crippen MR) is 85.2 cm³/mol. The first kappa shape index (κ1) is 14.9. The van der Waals surface area contributed by atoms with Gasteiger partial charge in [-0.2, -0.15) is 4.98 Å². The van der Waals surface area contributed by atoms with Crippen LogP contribution in [0.3, 0.4) is 0 Å². The van der Waals surface area contributed by atoms with Crippen molar-refractivity contribution in [3.8, 4) is 0 Å². The molecule has 0 spiro atoms. The predicted octanol–water partition coefficient (Wildman–Crippen LogP) is 4.74. The molecule has 0 fully saturated rings. The van der Waals surface area contributed by atoms with Crippen molar-refractivity contribution in [3.05, 3.63) is 40.5 Å². The highest BCUT2D eigenvalue weighted by molar-refractivity contribution is 6.36. The topological polar surface area (TPSA) is 49.8 Å². The van der Waals surface area contributed by atoms with Gasteiger partial charge < -0.3 is 10.6 Å². The SMILES string of the molecule is CCCCNc1nccc(Nc2ccc(Cl)cc2Cl)n1. The van der Waals surface area contributed by atoms with Crippen LogP contribution in [0.4, 0.5) is 17.5 Å². The van der Waals surface area contributed by atoms with Gasteiger partial charge in [-0.05, 0) is 30.7 Å². The lowest BCUT2D eigenvalue weighted by Gasteiger charge is -2.09. The summed E-state index contributed by atoms with van der Waals surface area (Å²) in [5, 5.41) is 7.48. The van der Waals surface area contributed by atoms with E-state index in [9.17, 15) is 0 Å². The molecular formula is C14H16Cl2N4. The third kappa shape index (κ3) is 4.25. The van der Waals surface area contributed by atoms with E-state index >= 15 is 0 Å². The summed E-state index contributed by atoms with van der Waals surface area (Å²) in [6.07, 6.45) is 3.92. The van der Waals surface area contributed by atoms with Crippen molar-refractivity contribution >= 4 is 40.7 Å². The first-order valence-electron chi connectivity index (χ1n) is 6.48. The van der Waals surface area contributed by atoms with E-state index in [1.54, 1.807) is 24.4 Å². The molecule has 1 aromatic heterocycles. The molecule has 1 aromatic carbocycles. The number of aromatic nitrogens is 2. The molecule has 0 atom stereocenters. The monoisotopic (exact) mass is 310 g/mol. The van der Waals surface area contributed by atoms with Gasteiger partial charge in [0, 0.05) is 17.8 Å². The number of unbranched alkanes of at least 4 members (excludes halogenated alkanes) is 1. The van der Waals surface area contributed by atoms with E-state index in [2.05, 4.69) is 27.5 Å². The summed E-state index contributed by atoms with van der Waals surface area (Å²) < 4.78 is 0. The molecule has 0 radical (unpaired) electrons. The van der Waals surface area contributed by atoms with Crippen LogP contribution in [-0.4, -0.2) is 16.5 Å². The Labute approximate surface area is 128 Å². The number of benzene rings is 1. The smallest absolute Gasteiger partial charge is 0.224 e. The summed E-state index contributed by atoms with van der Waals surface area (Å²) in [5.74, 6) is 1.29. The second kappa shape index (κ2) is 7.31. The molecule has 0 aliphatic heterocycles. The highest BCUT2D eigenvalue weighted by atomic mass is 35.5. The first-order chi connectivity index (χ1) is 9.69. The normalized spacial score (nSPS) is 10.3. The summed E-state index contributed by atoms with van der Waals surface area (Å²) in [7, 11) is 0. The van der Waals surface area contributed by atoms with Gasteiger partial charge in [-0.1, -0.05) is 36.5 Å². The average molecular weight is 311 g/mol. The van der Waals surface area contributed by atoms with Crippen LogP contribution < -0.4 is 10.6 Å². The molecule has 1 heterocycles. The van der Waals surface area contributed by atoms with Gasteiger partial charge in [-0.25, -0.2) is 4.98 Å². The first-order valence-corrected chi connectivity index (χ1v) is 7.23. The number of nitrogens with one attached hydrogen (secondary N) is 2. The van der Waals surface area contributed by atoms with Crippen LogP contribution in [0, 0.1) is 0 Å². The average Bonchev–Trinajstić information content (AvgIpc) is 2.43. The summed E-state index contributed by atoms with van der Waals surface area (Å²) in [6, 6.07) is 7.07. The molecule has 0 bridgehead atoms. The number of anilines is 3. The molecule has 20 heavy (non-hydrogen) atoms. The molecule has 2 N–H and O–H groups in total. The zero-order valence-electron chi connectivity index (χ0n) is 11.2. The fourth-order valence-electron chi connectivity index (χ4n) is 1.62. The number of hydrogen-bond donors (Lipinski definition) is 2. The summed E-state index contributed by atoms with van der Waals surface area (Å²) in [4.78, 5) is 8.55. The van der Waals surface area contributed by atoms with Crippen molar-refractivity contribution in [2.45, 2.75) is 19.8 Å². The fourth-order valence-corrected chi connectivity index (χ4v) is 2.08. The summed E-state index contributed by atoms with van der Waals surface area (Å²) in [6.45, 7) is 3.00. The van der Waals surface area contributed by atoms with E-state index < -0.39 is 0 Å². The molecule has 2 rings (SSSR count). The Morgan fingerprint density at radius 1 is 1.20 bits per heavy atom. The third-order valence-corrected chi connectivity index (χ3v) is 3.21. The lowest BCUT2D eigenvalue weighted by Crippen LogP contribution is -2.06. The van der Waals surface area contributed by atoms with Gasteiger partial charge in [-0.15, -0.1) is 0 Å². The van der Waals surface area contributed by atoms with Crippen molar-refractivity contribution < 1.29 is 0 Å². The molecule has 4 nitrogen and oxygen atoms in total. The minimum atomic E-state index is 0.552. The highest BCUT2D eigenvalue weighted by Crippen LogP contribution is 2.27. The van der Waals surface area contributed by atoms with Crippen molar-refractivity contribution in [1.82, 2.24) is 9.97 Å². The summed E-state index contributed by atoms with van der Waals surface area (Å²) in [5.41, 5.74) is 0.759. The van der Waals surface area contributed by atoms with Crippen LogP contribution >= 0.6 is 23.2 Å². The largest absolute Gasteiger partial charge is 0.354 e. The lowest BCUT2D eigenvalue weighted by molar-refractivity contribution is 0.826. The molecule has 0 saturated heterocycles. The highest BCUT2D eigenvalue weighted by Gasteiger charge is 2.04. The molecule has 0 amide bonds. The Kier molecular flexibility index (Phi) is 5.44. The fraction of sp³-hybridized carbons (Fsp3) is 0.286. The van der Waals surface area contributed by atoms with Crippen LogP contribution in [0.2, 0.25) is 10.0 Å². The second-order valence-electron chi connectivity index (χ2n) is 4.29. The van der Waals surface area contributed by atoms with Crippen molar-refractivity contribution in [1.29, 1.82) is 0 Å². The van der Waals surface area contributed by atoms with E-state index in [1.807, 2.05) is 6.07 Å². The van der Waals surface area contributed by atoms with Crippen LogP contribution in [0.25, 0.3) is 0 Å². The summed E-state index contributed by atoms with van der Waals surface area (Å²) >= 11 is 12.0. The minimum absolute atomic E-state index is 0.552. The van der Waals surface area contributed by atoms with Gasteiger partial charge in [0.25, 0.3) is 0 Å². The van der Waals surface area contributed by atoms with Gasteiger partial charge in [-0.3, -0.25) is 0 Å². The maximum atomic E-state index is 6.12. The van der Waals surface area contributed by atoms with Crippen molar-refractivity contribution in [3.63, 3.8) is 0 Å². The Hall–Kier alpha value is -1.52. The molecule has 0 aliphatic rings. The maximum Gasteiger partial charge on any atom is 0.224 e. The molecule has 0 unspecified atom stereocenters. The Morgan fingerprint density at radius 2 is 2.05 bits per heavy atom. The van der Waals surface area contributed by atoms with Gasteiger partial charge in [0.05, 0.1) is 10.7 Å². The van der Waals surface area contributed by atoms with E-state index in [-0.39, 0.29) is 0 Å². The van der Waals surface area contributed by atoms with Gasteiger partial charge in [0.15, 0.2) is 0 Å². The minimum Gasteiger partial charge on any atom is -0.354 e. The van der Waals surface area contributed by atoms with E-state index in [1.165, 1.54) is 0 Å². The Balaban J connectivity index is 2.07. The molecule has 2 aromatic rings. The van der Waals surface area contributed by atoms with Crippen LogP contribution in [0.1, 0.15) is 19.8 Å². The van der Waals surface area contributed by atoms with Gasteiger partial charge >= 0.3 is 0 Å². The van der Waals surface area contributed by atoms with Gasteiger partial charge in [0.1, 0.15) is 5.82 Å². The quantitative estimate of drug-likeness (QED) is 0.757. The molecule has 0 saturated carbocycles. The zero-order valence-corrected chi connectivity index (χ0v) is 12.7. The maximum absolute atomic E-state index is 6.12. The number of hydrogen-bond acceptors (Lipinski definition) is 4. The molecular weight excluding hydrogens is 295 g/mol. The van der Waals surface area contributed by atoms with Crippen molar-refractivity contribution in [2.24, 2.45) is 0 Å². The standard InChI is InChI=1S/C14H16Cl2N4/c1-2-3-7-17-14-18-8-6-13(20-14)19-12-5-4-10(15)9-11(12)16/h4-6,8-9H,2-3,7H2,1H3,(H2,17,18,19,20). The zero-order chi connectivity index (χ0) is 14.4. The van der Waals surface area contributed by atoms with E-state index in [0.717, 1.165) is 25.1 Å². The molecule has 0 aliphatic carbocycles. The van der Waals surface area contributed by atoms with E-state index in [4.69, 9.17) is 23.2 Å². The third-order valence-electron chi connectivity index (χ3n) is 2.66. The molecule has 106 valence electrons. The molecule has 6 heteroatoms.